The van der Waals surface area contributed by atoms with Crippen molar-refractivity contribution >= 4 is 23.0 Å². The number of nitrogens with zero attached hydrogens (tertiary/aromatic N) is 1. The van der Waals surface area contributed by atoms with E-state index in [0.29, 0.717) is 22.9 Å². The smallest absolute Gasteiger partial charge is 0.354 e. The fourth-order valence-corrected chi connectivity index (χ4v) is 4.00. The fraction of sp³-hybridized carbons (Fsp3) is 0.316. The Balaban J connectivity index is 1.86. The van der Waals surface area contributed by atoms with Gasteiger partial charge in [0.15, 0.2) is 11.5 Å². The molecule has 0 radical (unpaired) electrons. The highest BCUT2D eigenvalue weighted by Crippen LogP contribution is 2.48. The predicted molar refractivity (Wildman–Crippen MR) is 102 cm³/mol. The molecule has 1 aromatic heterocycles. The van der Waals surface area contributed by atoms with Gasteiger partial charge in [-0.3, -0.25) is 0 Å². The lowest BCUT2D eigenvalue weighted by atomic mass is 10.1. The Morgan fingerprint density at radius 3 is 2.85 bits per heavy atom. The number of hydrogen-bond donors (Lipinski definition) is 2. The van der Waals surface area contributed by atoms with Gasteiger partial charge >= 0.3 is 5.97 Å². The van der Waals surface area contributed by atoms with Crippen molar-refractivity contribution in [2.45, 2.75) is 26.1 Å². The molecule has 142 valence electrons. The van der Waals surface area contributed by atoms with Crippen molar-refractivity contribution in [1.82, 2.24) is 5.32 Å². The maximum Gasteiger partial charge on any atom is 0.354 e. The van der Waals surface area contributed by atoms with Crippen LogP contribution in [0, 0.1) is 0 Å². The first-order valence-electron chi connectivity index (χ1n) is 8.55. The number of benzene rings is 1. The number of methoxy groups -OCH3 is 1. The summed E-state index contributed by atoms with van der Waals surface area (Å²) in [4.78, 5) is 13.7. The summed E-state index contributed by atoms with van der Waals surface area (Å²) < 4.78 is 17.2. The van der Waals surface area contributed by atoms with E-state index in [1.807, 2.05) is 41.6 Å². The van der Waals surface area contributed by atoms with E-state index in [2.05, 4.69) is 5.32 Å². The van der Waals surface area contributed by atoms with Gasteiger partial charge in [0.05, 0.1) is 24.6 Å². The van der Waals surface area contributed by atoms with Crippen molar-refractivity contribution < 1.29 is 24.1 Å². The molecule has 2 aromatic rings. The molecule has 0 aliphatic carbocycles. The third-order valence-corrected chi connectivity index (χ3v) is 5.12. The number of hydrogen-bond acceptors (Lipinski definition) is 7. The average Bonchev–Trinajstić information content (AvgIpc) is 3.28. The van der Waals surface area contributed by atoms with Gasteiger partial charge in [-0.2, -0.15) is 11.3 Å². The van der Waals surface area contributed by atoms with E-state index >= 15 is 0 Å². The van der Waals surface area contributed by atoms with Crippen LogP contribution in [0.15, 0.2) is 40.4 Å². The Kier molecular flexibility index (Phi) is 4.35. The standard InChI is InChI=1S/C19H20N2O5S/c1-10(2)26-16-6-12-14(7-15(16)24-3)25-8-13-17(19(22)23)20-18(21(12)13)11-4-5-27-9-11/h4-7,9-10,18,20H,8H2,1-3H3,(H,22,23). The number of nitrogens with one attached hydrogen (secondary N) is 1. The van der Waals surface area contributed by atoms with Crippen molar-refractivity contribution in [2.75, 3.05) is 18.6 Å². The van der Waals surface area contributed by atoms with Crippen LogP contribution in [-0.2, 0) is 4.79 Å². The summed E-state index contributed by atoms with van der Waals surface area (Å²) in [5, 5.41) is 16.7. The molecule has 0 amide bonds. The molecule has 0 spiro atoms. The Bertz CT molecular complexity index is 907. The summed E-state index contributed by atoms with van der Waals surface area (Å²) >= 11 is 1.57. The lowest BCUT2D eigenvalue weighted by molar-refractivity contribution is -0.133. The maximum atomic E-state index is 11.8. The van der Waals surface area contributed by atoms with Gasteiger partial charge in [0.1, 0.15) is 24.2 Å². The van der Waals surface area contributed by atoms with Crippen LogP contribution in [0.5, 0.6) is 17.2 Å². The number of carboxylic acids is 1. The van der Waals surface area contributed by atoms with Gasteiger partial charge in [-0.1, -0.05) is 0 Å². The Hall–Kier alpha value is -2.87. The van der Waals surface area contributed by atoms with E-state index in [4.69, 9.17) is 14.2 Å². The molecule has 1 aromatic carbocycles. The topological polar surface area (TPSA) is 80.3 Å². The lowest BCUT2D eigenvalue weighted by Gasteiger charge is -2.34. The minimum Gasteiger partial charge on any atom is -0.493 e. The molecule has 8 heteroatoms. The normalized spacial score (nSPS) is 17.9. The summed E-state index contributed by atoms with van der Waals surface area (Å²) in [6.07, 6.45) is -0.351. The van der Waals surface area contributed by atoms with Crippen LogP contribution in [0.4, 0.5) is 5.69 Å². The van der Waals surface area contributed by atoms with Gasteiger partial charge in [0.2, 0.25) is 0 Å². The third-order valence-electron chi connectivity index (χ3n) is 4.42. The van der Waals surface area contributed by atoms with Gasteiger partial charge in [-0.25, -0.2) is 4.79 Å². The van der Waals surface area contributed by atoms with Gasteiger partial charge < -0.3 is 29.5 Å². The number of ether oxygens (including phenoxy) is 3. The summed E-state index contributed by atoms with van der Waals surface area (Å²) in [7, 11) is 1.58. The largest absolute Gasteiger partial charge is 0.493 e. The van der Waals surface area contributed by atoms with Crippen LogP contribution in [0.25, 0.3) is 0 Å². The number of fused-ring (bicyclic) bond motifs is 3. The van der Waals surface area contributed by atoms with E-state index in [9.17, 15) is 9.90 Å². The van der Waals surface area contributed by atoms with E-state index < -0.39 is 5.97 Å². The van der Waals surface area contributed by atoms with Gasteiger partial charge in [-0.05, 0) is 30.7 Å². The molecule has 2 N–H and O–H groups in total. The molecule has 0 fully saturated rings. The molecule has 0 saturated carbocycles. The quantitative estimate of drug-likeness (QED) is 0.813. The maximum absolute atomic E-state index is 11.8. The van der Waals surface area contributed by atoms with Crippen LogP contribution in [0.3, 0.4) is 0 Å². The summed E-state index contributed by atoms with van der Waals surface area (Å²) in [6.45, 7) is 4.04. The lowest BCUT2D eigenvalue weighted by Crippen LogP contribution is -2.33. The predicted octanol–water partition coefficient (Wildman–Crippen LogP) is 3.34. The molecule has 4 rings (SSSR count). The Morgan fingerprint density at radius 1 is 1.41 bits per heavy atom. The van der Waals surface area contributed by atoms with Crippen molar-refractivity contribution in [3.05, 3.63) is 45.9 Å². The number of thiophene rings is 1. The first-order chi connectivity index (χ1) is 13.0. The molecule has 2 aliphatic heterocycles. The number of carboxylic acid groups (broad SMARTS) is 1. The summed E-state index contributed by atoms with van der Waals surface area (Å²) in [5.41, 5.74) is 2.47. The van der Waals surface area contributed by atoms with E-state index in [1.165, 1.54) is 0 Å². The summed E-state index contributed by atoms with van der Waals surface area (Å²) in [6, 6.07) is 5.61. The zero-order valence-electron chi connectivity index (χ0n) is 15.2. The monoisotopic (exact) mass is 388 g/mol. The molecule has 1 unspecified atom stereocenters. The second kappa shape index (κ2) is 6.70. The van der Waals surface area contributed by atoms with Gasteiger partial charge in [0, 0.05) is 17.7 Å². The SMILES string of the molecule is COc1cc2c(cc1OC(C)C)N1C(=C(C(=O)O)NC1c1ccsc1)CO2. The van der Waals surface area contributed by atoms with Crippen LogP contribution >= 0.6 is 11.3 Å². The first kappa shape index (κ1) is 17.5. The third kappa shape index (κ3) is 2.95. The molecule has 7 nitrogen and oxygen atoms in total. The molecule has 0 saturated heterocycles. The zero-order valence-corrected chi connectivity index (χ0v) is 16.0. The van der Waals surface area contributed by atoms with Gasteiger partial charge in [-0.15, -0.1) is 0 Å². The molecule has 0 bridgehead atoms. The zero-order chi connectivity index (χ0) is 19.1. The molecule has 1 atom stereocenters. The number of aliphatic carboxylic acids is 1. The van der Waals surface area contributed by atoms with Crippen molar-refractivity contribution in [1.29, 1.82) is 0 Å². The van der Waals surface area contributed by atoms with Gasteiger partial charge in [0.25, 0.3) is 0 Å². The van der Waals surface area contributed by atoms with Crippen LogP contribution < -0.4 is 24.4 Å². The number of rotatable bonds is 5. The second-order valence-corrected chi connectivity index (χ2v) is 7.31. The minimum atomic E-state index is -1.01. The Labute approximate surface area is 160 Å². The second-order valence-electron chi connectivity index (χ2n) is 6.53. The summed E-state index contributed by atoms with van der Waals surface area (Å²) in [5.74, 6) is 0.781. The van der Waals surface area contributed by atoms with E-state index in [1.54, 1.807) is 24.5 Å². The van der Waals surface area contributed by atoms with Crippen LogP contribution in [-0.4, -0.2) is 30.9 Å². The fourth-order valence-electron chi connectivity index (χ4n) is 3.32. The molecule has 3 heterocycles. The number of carbonyl (C=O) groups is 1. The molecular weight excluding hydrogens is 368 g/mol. The van der Waals surface area contributed by atoms with Crippen molar-refractivity contribution in [2.24, 2.45) is 0 Å². The van der Waals surface area contributed by atoms with Crippen molar-refractivity contribution in [3.8, 4) is 17.2 Å². The van der Waals surface area contributed by atoms with Crippen LogP contribution in [0.2, 0.25) is 0 Å². The minimum absolute atomic E-state index is 0.0320. The highest BCUT2D eigenvalue weighted by molar-refractivity contribution is 7.08. The average molecular weight is 388 g/mol. The number of anilines is 1. The molecule has 27 heavy (non-hydrogen) atoms. The first-order valence-corrected chi connectivity index (χ1v) is 9.49. The van der Waals surface area contributed by atoms with E-state index in [-0.39, 0.29) is 24.6 Å². The highest BCUT2D eigenvalue weighted by atomic mass is 32.1. The van der Waals surface area contributed by atoms with E-state index in [0.717, 1.165) is 11.3 Å². The van der Waals surface area contributed by atoms with Crippen LogP contribution in [0.1, 0.15) is 25.6 Å². The molecular formula is C19H20N2O5S. The van der Waals surface area contributed by atoms with Crippen molar-refractivity contribution in [3.63, 3.8) is 0 Å². The molecule has 2 aliphatic rings. The highest BCUT2D eigenvalue weighted by Gasteiger charge is 2.41. The Morgan fingerprint density at radius 2 is 2.22 bits per heavy atom.